The van der Waals surface area contributed by atoms with Gasteiger partial charge in [0.15, 0.2) is 5.82 Å². The molecule has 0 aliphatic heterocycles. The van der Waals surface area contributed by atoms with Crippen LogP contribution in [0.4, 0.5) is 0 Å². The molecule has 6 nitrogen and oxygen atoms in total. The monoisotopic (exact) mass is 515 g/mol. The molecule has 6 rings (SSSR count). The number of para-hydroxylation sites is 1. The van der Waals surface area contributed by atoms with Crippen LogP contribution in [0.2, 0.25) is 10.0 Å². The molecule has 0 saturated carbocycles. The van der Waals surface area contributed by atoms with E-state index in [4.69, 9.17) is 28.3 Å². The summed E-state index contributed by atoms with van der Waals surface area (Å²) in [6.07, 6.45) is 3.74. The maximum atomic E-state index is 13.2. The highest BCUT2D eigenvalue weighted by Crippen LogP contribution is 2.26. The molecular formula is C26H15Cl2N5OS. The standard InChI is InChI=1S/C26H15Cl2N5OS/c27-19-11-9-16(10-12-19)23-18(15-32(30-23)21-7-2-1-3-8-21)14-22-25(34)33-26(35-22)29-24(31-33)17-5-4-6-20(28)13-17/h1-15H. The fourth-order valence-electron chi connectivity index (χ4n) is 3.76. The van der Waals surface area contributed by atoms with Crippen molar-refractivity contribution in [3.8, 4) is 28.3 Å². The van der Waals surface area contributed by atoms with Crippen molar-refractivity contribution in [1.29, 1.82) is 0 Å². The van der Waals surface area contributed by atoms with E-state index in [1.165, 1.54) is 15.9 Å². The van der Waals surface area contributed by atoms with Gasteiger partial charge in [-0.15, -0.1) is 5.10 Å². The van der Waals surface area contributed by atoms with Gasteiger partial charge in [0.2, 0.25) is 4.96 Å². The molecule has 9 heteroatoms. The Morgan fingerprint density at radius 1 is 0.829 bits per heavy atom. The first-order chi connectivity index (χ1) is 17.0. The van der Waals surface area contributed by atoms with Crippen LogP contribution in [0.15, 0.2) is 89.9 Å². The third-order valence-electron chi connectivity index (χ3n) is 5.43. The summed E-state index contributed by atoms with van der Waals surface area (Å²) in [4.78, 5) is 18.2. The molecule has 0 atom stereocenters. The number of thiazole rings is 1. The van der Waals surface area contributed by atoms with Crippen molar-refractivity contribution in [3.63, 3.8) is 0 Å². The molecule has 3 aromatic carbocycles. The van der Waals surface area contributed by atoms with Gasteiger partial charge in [-0.05, 0) is 42.5 Å². The van der Waals surface area contributed by atoms with Crippen LogP contribution in [-0.2, 0) is 0 Å². The molecule has 0 unspecified atom stereocenters. The molecule has 6 aromatic rings. The van der Waals surface area contributed by atoms with E-state index in [-0.39, 0.29) is 5.56 Å². The summed E-state index contributed by atoms with van der Waals surface area (Å²) in [5, 5.41) is 10.5. The lowest BCUT2D eigenvalue weighted by atomic mass is 10.1. The number of fused-ring (bicyclic) bond motifs is 1. The van der Waals surface area contributed by atoms with Crippen molar-refractivity contribution in [2.75, 3.05) is 0 Å². The van der Waals surface area contributed by atoms with Crippen LogP contribution in [0.5, 0.6) is 0 Å². The zero-order valence-corrected chi connectivity index (χ0v) is 20.3. The van der Waals surface area contributed by atoms with Crippen LogP contribution in [0.1, 0.15) is 5.56 Å². The number of hydrogen-bond donors (Lipinski definition) is 0. The first kappa shape index (κ1) is 21.7. The van der Waals surface area contributed by atoms with Crippen LogP contribution in [0, 0.1) is 0 Å². The quantitative estimate of drug-likeness (QED) is 0.309. The van der Waals surface area contributed by atoms with E-state index >= 15 is 0 Å². The number of benzene rings is 3. The van der Waals surface area contributed by atoms with E-state index < -0.39 is 0 Å². The predicted octanol–water partition coefficient (Wildman–Crippen LogP) is 5.53. The van der Waals surface area contributed by atoms with Crippen molar-refractivity contribution in [2.45, 2.75) is 0 Å². The van der Waals surface area contributed by atoms with Gasteiger partial charge in [-0.2, -0.15) is 14.6 Å². The maximum absolute atomic E-state index is 13.2. The van der Waals surface area contributed by atoms with Crippen LogP contribution >= 0.6 is 34.5 Å². The van der Waals surface area contributed by atoms with Crippen LogP contribution < -0.4 is 10.1 Å². The second-order valence-corrected chi connectivity index (χ2v) is 9.66. The van der Waals surface area contributed by atoms with E-state index in [0.29, 0.717) is 25.4 Å². The summed E-state index contributed by atoms with van der Waals surface area (Å²) in [6.45, 7) is 0. The molecule has 0 bridgehead atoms. The Balaban J connectivity index is 1.49. The zero-order valence-electron chi connectivity index (χ0n) is 18.0. The summed E-state index contributed by atoms with van der Waals surface area (Å²) in [6, 6.07) is 24.5. The molecule has 3 heterocycles. The lowest BCUT2D eigenvalue weighted by Gasteiger charge is -2.00. The van der Waals surface area contributed by atoms with Gasteiger partial charge in [0.1, 0.15) is 5.69 Å². The summed E-state index contributed by atoms with van der Waals surface area (Å²) >= 11 is 13.5. The highest BCUT2D eigenvalue weighted by molar-refractivity contribution is 7.15. The molecule has 35 heavy (non-hydrogen) atoms. The Morgan fingerprint density at radius 3 is 2.37 bits per heavy atom. The van der Waals surface area contributed by atoms with Crippen LogP contribution in [-0.4, -0.2) is 24.4 Å². The maximum Gasteiger partial charge on any atom is 0.291 e. The second-order valence-electron chi connectivity index (χ2n) is 7.78. The Kier molecular flexibility index (Phi) is 5.45. The lowest BCUT2D eigenvalue weighted by Crippen LogP contribution is -2.23. The van der Waals surface area contributed by atoms with Crippen molar-refractivity contribution in [1.82, 2.24) is 24.4 Å². The Labute approximate surface area is 213 Å². The van der Waals surface area contributed by atoms with Crippen molar-refractivity contribution < 1.29 is 0 Å². The molecule has 0 fully saturated rings. The second kappa shape index (κ2) is 8.78. The largest absolute Gasteiger partial charge is 0.291 e. The number of rotatable bonds is 4. The summed E-state index contributed by atoms with van der Waals surface area (Å²) in [7, 11) is 0. The van der Waals surface area contributed by atoms with Crippen molar-refractivity contribution in [3.05, 3.63) is 116 Å². The van der Waals surface area contributed by atoms with Gasteiger partial charge in [-0.3, -0.25) is 4.79 Å². The number of halogens is 2. The van der Waals surface area contributed by atoms with Gasteiger partial charge < -0.3 is 0 Å². The van der Waals surface area contributed by atoms with E-state index in [2.05, 4.69) is 10.1 Å². The molecule has 3 aromatic heterocycles. The normalized spacial score (nSPS) is 12.0. The minimum absolute atomic E-state index is 0.236. The zero-order chi connectivity index (χ0) is 23.9. The van der Waals surface area contributed by atoms with Gasteiger partial charge in [-0.25, -0.2) is 4.68 Å². The van der Waals surface area contributed by atoms with Crippen molar-refractivity contribution in [2.24, 2.45) is 0 Å². The third kappa shape index (κ3) is 4.14. The van der Waals surface area contributed by atoms with Gasteiger partial charge in [0.05, 0.1) is 10.2 Å². The fraction of sp³-hybridized carbons (Fsp3) is 0. The topological polar surface area (TPSA) is 65.1 Å². The molecule has 0 radical (unpaired) electrons. The summed E-state index contributed by atoms with van der Waals surface area (Å²) < 4.78 is 3.64. The first-order valence-corrected chi connectivity index (χ1v) is 12.2. The van der Waals surface area contributed by atoms with Crippen LogP contribution in [0.3, 0.4) is 0 Å². The predicted molar refractivity (Wildman–Crippen MR) is 140 cm³/mol. The molecule has 0 aliphatic carbocycles. The minimum Gasteiger partial charge on any atom is -0.266 e. The molecule has 0 aliphatic rings. The third-order valence-corrected chi connectivity index (χ3v) is 6.88. The van der Waals surface area contributed by atoms with E-state index in [1.807, 2.05) is 79.0 Å². The molecule has 0 amide bonds. The number of aromatic nitrogens is 5. The Morgan fingerprint density at radius 2 is 1.63 bits per heavy atom. The fourth-order valence-corrected chi connectivity index (χ4v) is 4.98. The van der Waals surface area contributed by atoms with Gasteiger partial charge in [0, 0.05) is 32.9 Å². The lowest BCUT2D eigenvalue weighted by molar-refractivity contribution is 0.884. The smallest absolute Gasteiger partial charge is 0.266 e. The first-order valence-electron chi connectivity index (χ1n) is 10.6. The van der Waals surface area contributed by atoms with E-state index in [9.17, 15) is 4.79 Å². The van der Waals surface area contributed by atoms with E-state index in [0.717, 1.165) is 28.1 Å². The number of hydrogen-bond acceptors (Lipinski definition) is 5. The summed E-state index contributed by atoms with van der Waals surface area (Å²) in [5.41, 5.74) is 3.87. The molecular weight excluding hydrogens is 501 g/mol. The molecule has 0 spiro atoms. The van der Waals surface area contributed by atoms with Gasteiger partial charge in [-0.1, -0.05) is 77.0 Å². The van der Waals surface area contributed by atoms with Crippen LogP contribution in [0.25, 0.3) is 39.4 Å². The molecule has 0 saturated heterocycles. The van der Waals surface area contributed by atoms with E-state index in [1.54, 1.807) is 16.8 Å². The van der Waals surface area contributed by atoms with Gasteiger partial charge in [0.25, 0.3) is 5.56 Å². The Hall–Kier alpha value is -3.78. The van der Waals surface area contributed by atoms with Gasteiger partial charge >= 0.3 is 0 Å². The highest BCUT2D eigenvalue weighted by atomic mass is 35.5. The summed E-state index contributed by atoms with van der Waals surface area (Å²) in [5.74, 6) is 0.459. The molecule has 170 valence electrons. The average molecular weight is 516 g/mol. The highest BCUT2D eigenvalue weighted by Gasteiger charge is 2.15. The SMILES string of the molecule is O=c1c(=Cc2cn(-c3ccccc3)nc2-c2ccc(Cl)cc2)sc2nc(-c3cccc(Cl)c3)nn12. The Bertz CT molecular complexity index is 1790. The minimum atomic E-state index is -0.236. The number of nitrogens with zero attached hydrogens (tertiary/aromatic N) is 5. The molecule has 0 N–H and O–H groups in total. The average Bonchev–Trinajstić information content (AvgIpc) is 3.56. The van der Waals surface area contributed by atoms with Crippen molar-refractivity contribution >= 4 is 45.6 Å².